The number of hydrogen-bond donors (Lipinski definition) is 1. The lowest BCUT2D eigenvalue weighted by molar-refractivity contribution is -0.119. The van der Waals surface area contributed by atoms with Gasteiger partial charge >= 0.3 is 0 Å². The molecule has 2 heteroatoms. The molecule has 152 valence electrons. The van der Waals surface area contributed by atoms with E-state index in [4.69, 9.17) is 0 Å². The molecule has 0 saturated heterocycles. The van der Waals surface area contributed by atoms with Gasteiger partial charge in [-0.2, -0.15) is 0 Å². The Morgan fingerprint density at radius 1 is 0.964 bits per heavy atom. The molecule has 1 aromatic rings. The van der Waals surface area contributed by atoms with E-state index in [1.165, 1.54) is 51.0 Å². The summed E-state index contributed by atoms with van der Waals surface area (Å²) in [4.78, 5) is 0. The van der Waals surface area contributed by atoms with Crippen molar-refractivity contribution in [1.82, 2.24) is 0 Å². The Hall–Kier alpha value is -1.15. The van der Waals surface area contributed by atoms with Crippen LogP contribution in [0.5, 0.6) is 0 Å². The van der Waals surface area contributed by atoms with Gasteiger partial charge in [-0.15, -0.1) is 0 Å². The third kappa shape index (κ3) is 2.66. The largest absolute Gasteiger partial charge is 0.388 e. The van der Waals surface area contributed by atoms with E-state index in [0.29, 0.717) is 16.9 Å². The molecule has 1 N–H and O–H groups in total. The molecule has 4 saturated carbocycles. The lowest BCUT2D eigenvalue weighted by atomic mass is 9.45. The summed E-state index contributed by atoms with van der Waals surface area (Å²) >= 11 is 0. The minimum absolute atomic E-state index is 0.0316. The van der Waals surface area contributed by atoms with Crippen LogP contribution in [0.4, 0.5) is 4.39 Å². The molecule has 0 bridgehead atoms. The first-order valence-corrected chi connectivity index (χ1v) is 11.6. The molecule has 0 spiro atoms. The van der Waals surface area contributed by atoms with E-state index >= 15 is 0 Å². The molecule has 4 aliphatic rings. The van der Waals surface area contributed by atoms with Gasteiger partial charge in [0.1, 0.15) is 5.82 Å². The van der Waals surface area contributed by atoms with Gasteiger partial charge in [0.25, 0.3) is 0 Å². The number of aliphatic hydroxyl groups is 1. The predicted octanol–water partition coefficient (Wildman–Crippen LogP) is 6.61. The summed E-state index contributed by atoms with van der Waals surface area (Å²) in [6.07, 6.45) is 13.3. The molecule has 7 atom stereocenters. The summed E-state index contributed by atoms with van der Waals surface area (Å²) in [5.41, 5.74) is 2.18. The van der Waals surface area contributed by atoms with Crippen LogP contribution in [0.2, 0.25) is 0 Å². The van der Waals surface area contributed by atoms with Gasteiger partial charge in [-0.05, 0) is 85.7 Å². The molecular formula is C26H35FO. The SMILES string of the molecule is C[C@]12CCCCC1CCC1C2CC[C@]2(C)C(O)/C(=C/c3ccccc3F)CC12. The van der Waals surface area contributed by atoms with Crippen LogP contribution in [0.15, 0.2) is 29.8 Å². The van der Waals surface area contributed by atoms with Crippen molar-refractivity contribution in [2.24, 2.45) is 34.5 Å². The number of aliphatic hydroxyl groups excluding tert-OH is 1. The first kappa shape index (κ1) is 18.9. The van der Waals surface area contributed by atoms with Gasteiger partial charge in [-0.1, -0.05) is 51.0 Å². The normalized spacial score (nSPS) is 46.7. The maximum atomic E-state index is 14.2. The van der Waals surface area contributed by atoms with Crippen molar-refractivity contribution in [1.29, 1.82) is 0 Å². The maximum Gasteiger partial charge on any atom is 0.130 e. The molecule has 5 rings (SSSR count). The molecule has 0 radical (unpaired) electrons. The quantitative estimate of drug-likeness (QED) is 0.579. The van der Waals surface area contributed by atoms with E-state index in [1.54, 1.807) is 6.07 Å². The Kier molecular flexibility index (Phi) is 4.50. The van der Waals surface area contributed by atoms with Crippen LogP contribution in [0.1, 0.15) is 77.2 Å². The van der Waals surface area contributed by atoms with E-state index in [9.17, 15) is 9.50 Å². The molecule has 0 aromatic heterocycles. The van der Waals surface area contributed by atoms with Gasteiger partial charge < -0.3 is 5.11 Å². The lowest BCUT2D eigenvalue weighted by Crippen LogP contribution is -2.53. The van der Waals surface area contributed by atoms with Gasteiger partial charge in [0.05, 0.1) is 6.10 Å². The van der Waals surface area contributed by atoms with Crippen molar-refractivity contribution in [3.63, 3.8) is 0 Å². The second-order valence-electron chi connectivity index (χ2n) is 10.8. The minimum Gasteiger partial charge on any atom is -0.388 e. The smallest absolute Gasteiger partial charge is 0.130 e. The summed E-state index contributed by atoms with van der Waals surface area (Å²) in [6, 6.07) is 6.96. The molecule has 1 nitrogen and oxygen atoms in total. The Bertz CT molecular complexity index is 784. The van der Waals surface area contributed by atoms with Crippen molar-refractivity contribution < 1.29 is 9.50 Å². The van der Waals surface area contributed by atoms with E-state index in [0.717, 1.165) is 36.2 Å². The highest BCUT2D eigenvalue weighted by atomic mass is 19.1. The third-order valence-corrected chi connectivity index (χ3v) is 9.70. The van der Waals surface area contributed by atoms with Crippen LogP contribution in [0.25, 0.3) is 6.08 Å². The Balaban J connectivity index is 1.47. The van der Waals surface area contributed by atoms with Crippen LogP contribution in [-0.4, -0.2) is 11.2 Å². The van der Waals surface area contributed by atoms with Gasteiger partial charge in [-0.25, -0.2) is 4.39 Å². The highest BCUT2D eigenvalue weighted by Gasteiger charge is 2.60. The summed E-state index contributed by atoms with van der Waals surface area (Å²) in [5.74, 6) is 2.85. The summed E-state index contributed by atoms with van der Waals surface area (Å²) in [5, 5.41) is 11.3. The molecule has 0 heterocycles. The van der Waals surface area contributed by atoms with Crippen LogP contribution < -0.4 is 0 Å². The topological polar surface area (TPSA) is 20.2 Å². The maximum absolute atomic E-state index is 14.2. The molecule has 28 heavy (non-hydrogen) atoms. The number of hydrogen-bond acceptors (Lipinski definition) is 1. The molecule has 5 unspecified atom stereocenters. The number of benzene rings is 1. The van der Waals surface area contributed by atoms with Gasteiger partial charge in [0, 0.05) is 11.0 Å². The summed E-state index contributed by atoms with van der Waals surface area (Å²) < 4.78 is 14.2. The molecular weight excluding hydrogens is 347 g/mol. The highest BCUT2D eigenvalue weighted by Crippen LogP contribution is 2.67. The van der Waals surface area contributed by atoms with Crippen molar-refractivity contribution in [3.8, 4) is 0 Å². The van der Waals surface area contributed by atoms with Gasteiger partial charge in [-0.3, -0.25) is 0 Å². The van der Waals surface area contributed by atoms with E-state index in [1.807, 2.05) is 18.2 Å². The van der Waals surface area contributed by atoms with Gasteiger partial charge in [0.2, 0.25) is 0 Å². The molecule has 4 aliphatic carbocycles. The average Bonchev–Trinajstić information content (AvgIpc) is 2.94. The van der Waals surface area contributed by atoms with Gasteiger partial charge in [0.15, 0.2) is 0 Å². The fourth-order valence-electron chi connectivity index (χ4n) is 8.09. The number of fused-ring (bicyclic) bond motifs is 5. The Morgan fingerprint density at radius 3 is 2.61 bits per heavy atom. The number of rotatable bonds is 1. The van der Waals surface area contributed by atoms with Crippen LogP contribution in [-0.2, 0) is 0 Å². The lowest BCUT2D eigenvalue weighted by Gasteiger charge is -2.60. The van der Waals surface area contributed by atoms with Crippen molar-refractivity contribution in [2.45, 2.75) is 77.7 Å². The van der Waals surface area contributed by atoms with Crippen LogP contribution in [0, 0.1) is 40.3 Å². The standard InChI is InChI=1S/C26H35FO/c1-25-13-6-5-8-19(25)10-11-20-21(25)12-14-26(2)22(20)16-18(24(26)28)15-17-7-3-4-9-23(17)27/h3-4,7,9,15,19-22,24,28H,5-6,8,10-14,16H2,1-2H3/b18-15+/t19?,20?,21?,22?,24?,25-,26-/m0/s1. The average molecular weight is 383 g/mol. The molecule has 4 fully saturated rings. The second kappa shape index (κ2) is 6.69. The van der Waals surface area contributed by atoms with E-state index in [-0.39, 0.29) is 11.2 Å². The number of halogens is 1. The van der Waals surface area contributed by atoms with Crippen molar-refractivity contribution in [3.05, 3.63) is 41.2 Å². The predicted molar refractivity (Wildman–Crippen MR) is 112 cm³/mol. The fraction of sp³-hybridized carbons (Fsp3) is 0.692. The van der Waals surface area contributed by atoms with E-state index < -0.39 is 6.10 Å². The van der Waals surface area contributed by atoms with E-state index in [2.05, 4.69) is 13.8 Å². The monoisotopic (exact) mass is 382 g/mol. The highest BCUT2D eigenvalue weighted by molar-refractivity contribution is 5.56. The zero-order valence-electron chi connectivity index (χ0n) is 17.5. The minimum atomic E-state index is -0.421. The fourth-order valence-corrected chi connectivity index (χ4v) is 8.09. The molecule has 1 aromatic carbocycles. The first-order chi connectivity index (χ1) is 13.4. The summed E-state index contributed by atoms with van der Waals surface area (Å²) in [6.45, 7) is 4.91. The summed E-state index contributed by atoms with van der Waals surface area (Å²) in [7, 11) is 0. The van der Waals surface area contributed by atoms with Crippen LogP contribution >= 0.6 is 0 Å². The first-order valence-electron chi connectivity index (χ1n) is 11.6. The second-order valence-corrected chi connectivity index (χ2v) is 10.8. The van der Waals surface area contributed by atoms with Crippen molar-refractivity contribution in [2.75, 3.05) is 0 Å². The zero-order chi connectivity index (χ0) is 19.5. The van der Waals surface area contributed by atoms with Crippen molar-refractivity contribution >= 4 is 6.08 Å². The molecule has 0 amide bonds. The van der Waals surface area contributed by atoms with Crippen LogP contribution in [0.3, 0.4) is 0 Å². The zero-order valence-corrected chi connectivity index (χ0v) is 17.5. The Labute approximate surface area is 169 Å². The Morgan fingerprint density at radius 2 is 1.79 bits per heavy atom. The third-order valence-electron chi connectivity index (χ3n) is 9.70. The molecule has 0 aliphatic heterocycles.